The molecule has 9 heteroatoms. The molecule has 0 aromatic carbocycles. The average molecular weight is 293 g/mol. The van der Waals surface area contributed by atoms with Crippen LogP contribution < -0.4 is 0 Å². The van der Waals surface area contributed by atoms with Gasteiger partial charge in [-0.1, -0.05) is 0 Å². The molecule has 0 amide bonds. The number of nitriles is 1. The molecule has 0 aromatic rings. The summed E-state index contributed by atoms with van der Waals surface area (Å²) < 4.78 is 34.1. The highest BCUT2D eigenvalue weighted by Gasteiger charge is 2.29. The van der Waals surface area contributed by atoms with Gasteiger partial charge in [-0.15, -0.1) is 0 Å². The van der Waals surface area contributed by atoms with E-state index in [0.29, 0.717) is 0 Å². The van der Waals surface area contributed by atoms with Gasteiger partial charge in [-0.05, 0) is 13.3 Å². The normalized spacial score (nSPS) is 14.2. The molecule has 0 bridgehead atoms. The van der Waals surface area contributed by atoms with Crippen LogP contribution in [-0.4, -0.2) is 41.4 Å². The van der Waals surface area contributed by atoms with Crippen LogP contribution in [0.4, 0.5) is 0 Å². The Morgan fingerprint density at radius 1 is 1.37 bits per heavy atom. The monoisotopic (exact) mass is 293 g/mol. The van der Waals surface area contributed by atoms with Gasteiger partial charge in [0.15, 0.2) is 5.60 Å². The minimum absolute atomic E-state index is 0.141. The summed E-state index contributed by atoms with van der Waals surface area (Å²) >= 11 is 0. The second-order valence-corrected chi connectivity index (χ2v) is 5.67. The number of carboxylic acid groups (broad SMARTS) is 1. The molecule has 2 N–H and O–H groups in total. The molecule has 0 heterocycles. The Morgan fingerprint density at radius 2 is 1.95 bits per heavy atom. The lowest BCUT2D eigenvalue weighted by Crippen LogP contribution is -2.31. The quantitative estimate of drug-likeness (QED) is 0.482. The first-order chi connectivity index (χ1) is 8.58. The Labute approximate surface area is 110 Å². The zero-order chi connectivity index (χ0) is 15.1. The van der Waals surface area contributed by atoms with E-state index in [1.165, 1.54) is 6.92 Å². The highest BCUT2D eigenvalue weighted by atomic mass is 32.2. The fourth-order valence-corrected chi connectivity index (χ4v) is 1.69. The summed E-state index contributed by atoms with van der Waals surface area (Å²) in [5.74, 6) is -2.53. The highest BCUT2D eigenvalue weighted by Crippen LogP contribution is 2.18. The van der Waals surface area contributed by atoms with Crippen LogP contribution in [0.25, 0.3) is 0 Å². The molecule has 1 unspecified atom stereocenters. The average Bonchev–Trinajstić information content (AvgIpc) is 2.24. The van der Waals surface area contributed by atoms with Gasteiger partial charge >= 0.3 is 11.9 Å². The van der Waals surface area contributed by atoms with E-state index in [-0.39, 0.29) is 25.7 Å². The smallest absolute Gasteiger partial charge is 0.307 e. The van der Waals surface area contributed by atoms with E-state index < -0.39 is 33.4 Å². The predicted octanol–water partition coefficient (Wildman–Crippen LogP) is 0.345. The molecule has 0 saturated heterocycles. The van der Waals surface area contributed by atoms with Gasteiger partial charge in [-0.2, -0.15) is 13.7 Å². The van der Waals surface area contributed by atoms with Gasteiger partial charge in [0.1, 0.15) is 6.07 Å². The maximum absolute atomic E-state index is 11.4. The number of aliphatic carboxylic acids is 1. The van der Waals surface area contributed by atoms with Crippen molar-refractivity contribution in [3.8, 4) is 6.07 Å². The van der Waals surface area contributed by atoms with Gasteiger partial charge < -0.3 is 9.84 Å². The molecule has 0 aliphatic heterocycles. The van der Waals surface area contributed by atoms with Crippen molar-refractivity contribution in [1.29, 1.82) is 5.26 Å². The Bertz CT molecular complexity index is 479. The third-order valence-electron chi connectivity index (χ3n) is 2.17. The first-order valence-corrected chi connectivity index (χ1v) is 6.99. The lowest BCUT2D eigenvalue weighted by molar-refractivity contribution is -0.155. The third-order valence-corrected chi connectivity index (χ3v) is 2.98. The summed E-state index contributed by atoms with van der Waals surface area (Å²) in [5, 5.41) is 17.3. The van der Waals surface area contributed by atoms with Gasteiger partial charge in [-0.25, -0.2) is 0 Å². The molecule has 0 aliphatic rings. The van der Waals surface area contributed by atoms with Crippen molar-refractivity contribution in [2.75, 3.05) is 5.75 Å². The summed E-state index contributed by atoms with van der Waals surface area (Å²) in [6.07, 6.45) is -0.923. The maximum atomic E-state index is 11.4. The largest absolute Gasteiger partial charge is 0.481 e. The summed E-state index contributed by atoms with van der Waals surface area (Å²) in [7, 11) is -4.14. The van der Waals surface area contributed by atoms with Crippen LogP contribution in [0.15, 0.2) is 0 Å². The Kier molecular flexibility index (Phi) is 6.44. The van der Waals surface area contributed by atoms with Crippen molar-refractivity contribution >= 4 is 22.1 Å². The molecule has 0 rings (SSSR count). The molecule has 0 aliphatic carbocycles. The summed E-state index contributed by atoms with van der Waals surface area (Å²) in [6, 6.07) is 1.70. The SMILES string of the molecule is CC(C#N)(CCC(=O)O)OC(=O)CCCS(=O)(=O)O. The van der Waals surface area contributed by atoms with E-state index in [1.807, 2.05) is 0 Å². The molecule has 0 spiro atoms. The molecule has 0 saturated carbocycles. The van der Waals surface area contributed by atoms with E-state index in [1.54, 1.807) is 6.07 Å². The number of hydrogen-bond acceptors (Lipinski definition) is 6. The van der Waals surface area contributed by atoms with E-state index in [2.05, 4.69) is 0 Å². The molecule has 108 valence electrons. The van der Waals surface area contributed by atoms with Crippen molar-refractivity contribution in [2.24, 2.45) is 0 Å². The molecule has 19 heavy (non-hydrogen) atoms. The maximum Gasteiger partial charge on any atom is 0.307 e. The zero-order valence-electron chi connectivity index (χ0n) is 10.3. The second kappa shape index (κ2) is 7.06. The van der Waals surface area contributed by atoms with Gasteiger partial charge in [-0.3, -0.25) is 14.1 Å². The molecule has 0 fully saturated rings. The number of carbonyl (C=O) groups excluding carboxylic acids is 1. The molecule has 8 nitrogen and oxygen atoms in total. The zero-order valence-corrected chi connectivity index (χ0v) is 11.1. The molecule has 0 radical (unpaired) electrons. The number of carboxylic acids is 1. The van der Waals surface area contributed by atoms with Gasteiger partial charge in [0.05, 0.1) is 12.2 Å². The van der Waals surface area contributed by atoms with Crippen LogP contribution in [0.2, 0.25) is 0 Å². The van der Waals surface area contributed by atoms with Gasteiger partial charge in [0, 0.05) is 12.8 Å². The van der Waals surface area contributed by atoms with Crippen LogP contribution in [0, 0.1) is 11.3 Å². The van der Waals surface area contributed by atoms with Crippen molar-refractivity contribution in [3.63, 3.8) is 0 Å². The summed E-state index contributed by atoms with van der Waals surface area (Å²) in [5.41, 5.74) is -1.56. The molecular weight excluding hydrogens is 278 g/mol. The number of ether oxygens (including phenoxy) is 1. The number of nitrogens with zero attached hydrogens (tertiary/aromatic N) is 1. The van der Waals surface area contributed by atoms with Crippen molar-refractivity contribution in [3.05, 3.63) is 0 Å². The minimum atomic E-state index is -4.14. The number of carbonyl (C=O) groups is 2. The Hall–Kier alpha value is -1.66. The predicted molar refractivity (Wildman–Crippen MR) is 62.6 cm³/mol. The van der Waals surface area contributed by atoms with Crippen LogP contribution in [0.3, 0.4) is 0 Å². The van der Waals surface area contributed by atoms with Crippen LogP contribution in [-0.2, 0) is 24.4 Å². The lowest BCUT2D eigenvalue weighted by Gasteiger charge is -2.21. The highest BCUT2D eigenvalue weighted by molar-refractivity contribution is 7.85. The number of esters is 1. The van der Waals surface area contributed by atoms with E-state index >= 15 is 0 Å². The van der Waals surface area contributed by atoms with Crippen LogP contribution in [0.1, 0.15) is 32.6 Å². The first-order valence-electron chi connectivity index (χ1n) is 5.38. The van der Waals surface area contributed by atoms with E-state index in [0.717, 1.165) is 0 Å². The van der Waals surface area contributed by atoms with E-state index in [4.69, 9.17) is 19.7 Å². The first kappa shape index (κ1) is 17.3. The van der Waals surface area contributed by atoms with Crippen molar-refractivity contribution in [1.82, 2.24) is 0 Å². The Morgan fingerprint density at radius 3 is 2.37 bits per heavy atom. The van der Waals surface area contributed by atoms with Crippen molar-refractivity contribution < 1.29 is 32.4 Å². The topological polar surface area (TPSA) is 142 Å². The second-order valence-electron chi connectivity index (χ2n) is 4.10. The summed E-state index contributed by atoms with van der Waals surface area (Å²) in [4.78, 5) is 21.7. The lowest BCUT2D eigenvalue weighted by atomic mass is 10.0. The fraction of sp³-hybridized carbons (Fsp3) is 0.700. The van der Waals surface area contributed by atoms with Gasteiger partial charge in [0.2, 0.25) is 0 Å². The molecular formula is C10H15NO7S. The standard InChI is InChI=1S/C10H15NO7S/c1-10(7-11,5-4-8(12)13)18-9(14)3-2-6-19(15,16)17/h2-6H2,1H3,(H,12,13)(H,15,16,17). The summed E-state index contributed by atoms with van der Waals surface area (Å²) in [6.45, 7) is 1.27. The van der Waals surface area contributed by atoms with Gasteiger partial charge in [0.25, 0.3) is 10.1 Å². The number of hydrogen-bond donors (Lipinski definition) is 2. The molecule has 0 aromatic heterocycles. The fourth-order valence-electron chi connectivity index (χ4n) is 1.18. The third kappa shape index (κ3) is 8.98. The Balaban J connectivity index is 4.27. The molecule has 1 atom stereocenters. The van der Waals surface area contributed by atoms with Crippen LogP contribution >= 0.6 is 0 Å². The van der Waals surface area contributed by atoms with Crippen molar-refractivity contribution in [2.45, 2.75) is 38.2 Å². The number of rotatable bonds is 8. The van der Waals surface area contributed by atoms with Crippen LogP contribution in [0.5, 0.6) is 0 Å². The minimum Gasteiger partial charge on any atom is -0.481 e. The van der Waals surface area contributed by atoms with E-state index in [9.17, 15) is 18.0 Å².